The smallest absolute Gasteiger partial charge is 0.441 e. The van der Waals surface area contributed by atoms with Gasteiger partial charge in [0.05, 0.1) is 16.8 Å². The van der Waals surface area contributed by atoms with E-state index in [-0.39, 0.29) is 5.25 Å². The van der Waals surface area contributed by atoms with E-state index >= 15 is 0 Å². The summed E-state index contributed by atoms with van der Waals surface area (Å²) in [6, 6.07) is 0. The number of ether oxygens (including phenoxy) is 1. The molecular formula is C6H13NO3S. The number of methoxy groups -OCH3 is 1. The molecule has 0 fully saturated rings. The maximum absolute atomic E-state index is 11.4. The van der Waals surface area contributed by atoms with Gasteiger partial charge in [-0.2, -0.15) is 0 Å². The summed E-state index contributed by atoms with van der Waals surface area (Å²) in [6.07, 6.45) is 0.667. The van der Waals surface area contributed by atoms with Gasteiger partial charge in [0.15, 0.2) is 0 Å². The topological polar surface area (TPSA) is 55.7 Å². The van der Waals surface area contributed by atoms with Crippen LogP contribution in [0.1, 0.15) is 13.8 Å². The van der Waals surface area contributed by atoms with Gasteiger partial charge in [0, 0.05) is 11.5 Å². The normalized spacial score (nSPS) is 15.7. The van der Waals surface area contributed by atoms with Crippen LogP contribution in [0.2, 0.25) is 0 Å². The molecule has 0 aliphatic heterocycles. The number of amides is 1. The fourth-order valence-corrected chi connectivity index (χ4v) is 0.872. The molecule has 0 aromatic rings. The molecule has 0 N–H and O–H groups in total. The first-order valence-electron chi connectivity index (χ1n) is 3.19. The van der Waals surface area contributed by atoms with Crippen LogP contribution in [0.15, 0.2) is 4.36 Å². The minimum atomic E-state index is -2.41. The highest BCUT2D eigenvalue weighted by Gasteiger charge is 2.09. The number of hydrogen-bond acceptors (Lipinski definition) is 3. The maximum Gasteiger partial charge on any atom is 0.441 e. The SMILES string of the molecule is COC(=O)N=S(C)(=O)C(C)C. The molecule has 1 atom stereocenters. The largest absolute Gasteiger partial charge is 0.451 e. The molecule has 66 valence electrons. The predicted octanol–water partition coefficient (Wildman–Crippen LogP) is 1.26. The van der Waals surface area contributed by atoms with Gasteiger partial charge in [-0.15, -0.1) is 4.36 Å². The molecule has 4 nitrogen and oxygen atoms in total. The number of carbonyl (C=O) groups excluding carboxylic acids is 1. The van der Waals surface area contributed by atoms with Crippen molar-refractivity contribution in [1.29, 1.82) is 0 Å². The Bertz CT molecular complexity index is 251. The lowest BCUT2D eigenvalue weighted by molar-refractivity contribution is 0.183. The van der Waals surface area contributed by atoms with Crippen LogP contribution in [0.25, 0.3) is 0 Å². The van der Waals surface area contributed by atoms with E-state index in [4.69, 9.17) is 0 Å². The van der Waals surface area contributed by atoms with Crippen molar-refractivity contribution in [3.05, 3.63) is 0 Å². The average Bonchev–Trinajstić information content (AvgIpc) is 1.86. The van der Waals surface area contributed by atoms with Crippen LogP contribution in [-0.4, -0.2) is 28.9 Å². The zero-order valence-corrected chi connectivity index (χ0v) is 7.97. The molecule has 0 spiro atoms. The molecule has 0 rings (SSSR count). The Morgan fingerprint density at radius 3 is 2.27 bits per heavy atom. The summed E-state index contributed by atoms with van der Waals surface area (Å²) in [6.45, 7) is 3.49. The summed E-state index contributed by atoms with van der Waals surface area (Å²) < 4.78 is 19.0. The van der Waals surface area contributed by atoms with Crippen molar-refractivity contribution in [3.63, 3.8) is 0 Å². The first-order valence-corrected chi connectivity index (χ1v) is 5.17. The summed E-state index contributed by atoms with van der Waals surface area (Å²) in [7, 11) is -1.20. The summed E-state index contributed by atoms with van der Waals surface area (Å²) in [5, 5.41) is -0.137. The molecule has 11 heavy (non-hydrogen) atoms. The van der Waals surface area contributed by atoms with Crippen LogP contribution in [-0.2, 0) is 14.5 Å². The van der Waals surface area contributed by atoms with E-state index in [1.807, 2.05) is 0 Å². The molecule has 1 amide bonds. The number of rotatable bonds is 1. The van der Waals surface area contributed by atoms with Crippen molar-refractivity contribution >= 4 is 15.8 Å². The second-order valence-electron chi connectivity index (χ2n) is 2.47. The highest BCUT2D eigenvalue weighted by molar-refractivity contribution is 7.93. The van der Waals surface area contributed by atoms with Crippen molar-refractivity contribution < 1.29 is 13.7 Å². The van der Waals surface area contributed by atoms with E-state index in [1.165, 1.54) is 13.4 Å². The summed E-state index contributed by atoms with van der Waals surface area (Å²) in [5.41, 5.74) is 0. The van der Waals surface area contributed by atoms with Gasteiger partial charge in [0.2, 0.25) is 0 Å². The van der Waals surface area contributed by atoms with Gasteiger partial charge >= 0.3 is 6.09 Å². The molecule has 0 aliphatic rings. The van der Waals surface area contributed by atoms with Gasteiger partial charge < -0.3 is 4.74 Å². The Kier molecular flexibility index (Phi) is 3.51. The molecule has 0 aliphatic carbocycles. The molecule has 0 saturated heterocycles. The van der Waals surface area contributed by atoms with E-state index < -0.39 is 15.8 Å². The zero-order valence-electron chi connectivity index (χ0n) is 7.16. The van der Waals surface area contributed by atoms with Crippen LogP contribution >= 0.6 is 0 Å². The first-order chi connectivity index (χ1) is 4.90. The van der Waals surface area contributed by atoms with Crippen molar-refractivity contribution in [2.45, 2.75) is 19.1 Å². The lowest BCUT2D eigenvalue weighted by atomic mass is 10.6. The van der Waals surface area contributed by atoms with Gasteiger partial charge in [0.1, 0.15) is 0 Å². The van der Waals surface area contributed by atoms with Crippen LogP contribution < -0.4 is 0 Å². The van der Waals surface area contributed by atoms with E-state index in [2.05, 4.69) is 9.10 Å². The van der Waals surface area contributed by atoms with Crippen molar-refractivity contribution in [1.82, 2.24) is 0 Å². The van der Waals surface area contributed by atoms with Crippen LogP contribution in [0.4, 0.5) is 4.79 Å². The van der Waals surface area contributed by atoms with Gasteiger partial charge in [-0.1, -0.05) is 13.8 Å². The maximum atomic E-state index is 11.4. The molecule has 5 heteroatoms. The van der Waals surface area contributed by atoms with Crippen LogP contribution in [0.3, 0.4) is 0 Å². The van der Waals surface area contributed by atoms with E-state index in [1.54, 1.807) is 13.8 Å². The fourth-order valence-electron chi connectivity index (χ4n) is 0.291. The molecule has 0 aromatic carbocycles. The average molecular weight is 179 g/mol. The minimum absolute atomic E-state index is 0.137. The molecule has 1 unspecified atom stereocenters. The van der Waals surface area contributed by atoms with Crippen molar-refractivity contribution in [2.75, 3.05) is 13.4 Å². The highest BCUT2D eigenvalue weighted by Crippen LogP contribution is 2.01. The minimum Gasteiger partial charge on any atom is -0.451 e. The quantitative estimate of drug-likeness (QED) is 0.609. The molecule has 0 aromatic heterocycles. The summed E-state index contributed by atoms with van der Waals surface area (Å²) >= 11 is 0. The molecule has 0 bridgehead atoms. The van der Waals surface area contributed by atoms with Crippen LogP contribution in [0.5, 0.6) is 0 Å². The van der Waals surface area contributed by atoms with Crippen molar-refractivity contribution in [2.24, 2.45) is 4.36 Å². The standard InChI is InChI=1S/C6H13NO3S/c1-5(2)11(4,9)7-6(8)10-3/h5H,1-4H3. The Morgan fingerprint density at radius 1 is 1.55 bits per heavy atom. The second kappa shape index (κ2) is 3.71. The zero-order chi connectivity index (χ0) is 9.07. The fraction of sp³-hybridized carbons (Fsp3) is 0.833. The summed E-state index contributed by atoms with van der Waals surface area (Å²) in [4.78, 5) is 10.6. The Morgan fingerprint density at radius 2 is 2.00 bits per heavy atom. The van der Waals surface area contributed by atoms with Gasteiger partial charge in [-0.05, 0) is 0 Å². The highest BCUT2D eigenvalue weighted by atomic mass is 32.2. The lowest BCUT2D eigenvalue weighted by Gasteiger charge is -2.05. The van der Waals surface area contributed by atoms with Crippen LogP contribution in [0, 0.1) is 0 Å². The summed E-state index contributed by atoms with van der Waals surface area (Å²) in [5.74, 6) is 0. The molecule has 0 saturated carbocycles. The number of carbonyl (C=O) groups is 1. The Balaban J connectivity index is 4.68. The number of nitrogens with zero attached hydrogens (tertiary/aromatic N) is 1. The van der Waals surface area contributed by atoms with E-state index in [0.717, 1.165) is 0 Å². The molecule has 0 radical (unpaired) electrons. The van der Waals surface area contributed by atoms with E-state index in [9.17, 15) is 9.00 Å². The second-order valence-corrected chi connectivity index (χ2v) is 5.32. The monoisotopic (exact) mass is 179 g/mol. The number of hydrogen-bond donors (Lipinski definition) is 0. The van der Waals surface area contributed by atoms with E-state index in [0.29, 0.717) is 0 Å². The first kappa shape index (κ1) is 10.4. The van der Waals surface area contributed by atoms with Gasteiger partial charge in [-0.25, -0.2) is 9.00 Å². The third kappa shape index (κ3) is 3.36. The van der Waals surface area contributed by atoms with Gasteiger partial charge in [0.25, 0.3) is 0 Å². The van der Waals surface area contributed by atoms with Crippen molar-refractivity contribution in [3.8, 4) is 0 Å². The Labute approximate surface area is 67.1 Å². The molecular weight excluding hydrogens is 166 g/mol. The third-order valence-electron chi connectivity index (χ3n) is 1.31. The molecule has 0 heterocycles. The lowest BCUT2D eigenvalue weighted by Crippen LogP contribution is -2.13. The Hall–Kier alpha value is -0.580. The predicted molar refractivity (Wildman–Crippen MR) is 44.0 cm³/mol. The third-order valence-corrected chi connectivity index (χ3v) is 3.57. The van der Waals surface area contributed by atoms with Gasteiger partial charge in [-0.3, -0.25) is 0 Å².